The molecule has 2 spiro atoms. The summed E-state index contributed by atoms with van der Waals surface area (Å²) in [6.07, 6.45) is 17.0. The van der Waals surface area contributed by atoms with Crippen LogP contribution < -0.4 is 0 Å². The lowest BCUT2D eigenvalue weighted by molar-refractivity contribution is -0.0925. The maximum absolute atomic E-state index is 2.41. The van der Waals surface area contributed by atoms with Crippen LogP contribution in [0.15, 0.2) is 48.5 Å². The van der Waals surface area contributed by atoms with Crippen LogP contribution >= 0.6 is 0 Å². The van der Waals surface area contributed by atoms with E-state index in [-0.39, 0.29) is 0 Å². The first-order valence-electron chi connectivity index (χ1n) is 12.8. The predicted molar refractivity (Wildman–Crippen MR) is 128 cm³/mol. The highest BCUT2D eigenvalue weighted by Crippen LogP contribution is 2.67. The van der Waals surface area contributed by atoms with Crippen LogP contribution in [0.5, 0.6) is 0 Å². The second-order valence-electron chi connectivity index (χ2n) is 11.1. The second-order valence-corrected chi connectivity index (χ2v) is 11.1. The molecule has 3 fully saturated rings. The van der Waals surface area contributed by atoms with Gasteiger partial charge in [0.15, 0.2) is 0 Å². The molecule has 0 amide bonds. The number of benzene rings is 2. The van der Waals surface area contributed by atoms with Crippen molar-refractivity contribution in [3.63, 3.8) is 0 Å². The maximum atomic E-state index is 2.41. The average Bonchev–Trinajstić information content (AvgIpc) is 2.79. The van der Waals surface area contributed by atoms with Crippen LogP contribution in [0.4, 0.5) is 0 Å². The molecule has 0 atom stereocenters. The molecule has 0 saturated heterocycles. The molecule has 0 heteroatoms. The van der Waals surface area contributed by atoms with Crippen LogP contribution in [-0.4, -0.2) is 0 Å². The van der Waals surface area contributed by atoms with E-state index in [1.165, 1.54) is 62.5 Å². The molecule has 2 aromatic carbocycles. The van der Waals surface area contributed by atoms with Crippen LogP contribution in [0.3, 0.4) is 0 Å². The Morgan fingerprint density at radius 3 is 1.20 bits per heavy atom. The Kier molecular flexibility index (Phi) is 5.55. The van der Waals surface area contributed by atoms with Gasteiger partial charge < -0.3 is 0 Å². The zero-order valence-electron chi connectivity index (χ0n) is 19.3. The highest BCUT2D eigenvalue weighted by molar-refractivity contribution is 5.28. The summed E-state index contributed by atoms with van der Waals surface area (Å²) in [7, 11) is 0. The van der Waals surface area contributed by atoms with Crippen molar-refractivity contribution in [2.45, 2.75) is 103 Å². The molecular formula is C30H40. The quantitative estimate of drug-likeness (QED) is 0.482. The van der Waals surface area contributed by atoms with E-state index in [0.29, 0.717) is 0 Å². The van der Waals surface area contributed by atoms with E-state index < -0.39 is 0 Å². The van der Waals surface area contributed by atoms with Gasteiger partial charge in [0.25, 0.3) is 0 Å². The van der Waals surface area contributed by atoms with Crippen molar-refractivity contribution in [3.8, 4) is 0 Å². The Labute approximate surface area is 184 Å². The topological polar surface area (TPSA) is 0 Å². The van der Waals surface area contributed by atoms with Gasteiger partial charge in [0.05, 0.1) is 0 Å². The first-order chi connectivity index (χ1) is 14.6. The fraction of sp³-hybridized carbons (Fsp3) is 0.600. The third kappa shape index (κ3) is 3.88. The van der Waals surface area contributed by atoms with Gasteiger partial charge in [-0.2, -0.15) is 0 Å². The summed E-state index contributed by atoms with van der Waals surface area (Å²) >= 11 is 0. The van der Waals surface area contributed by atoms with Crippen LogP contribution in [-0.2, 0) is 12.8 Å². The normalized spacial score (nSPS) is 33.5. The van der Waals surface area contributed by atoms with Crippen LogP contribution in [0.25, 0.3) is 0 Å². The summed E-state index contributed by atoms with van der Waals surface area (Å²) in [5, 5.41) is 0. The van der Waals surface area contributed by atoms with Crippen LogP contribution in [0.1, 0.15) is 112 Å². The zero-order chi connectivity index (χ0) is 20.6. The van der Waals surface area contributed by atoms with Gasteiger partial charge in [0, 0.05) is 0 Å². The predicted octanol–water partition coefficient (Wildman–Crippen LogP) is 8.59. The molecule has 0 radical (unpaired) electrons. The standard InChI is InChI=1S/C30H40/c1-3-23-5-9-25(10-6-23)27-13-17-29(18-14-27)21-30(22-29)19-15-28(16-20-30)26-11-7-24(4-2)8-12-26/h5-12,27-28H,3-4,13-22H2,1-2H3. The molecular weight excluding hydrogens is 360 g/mol. The fourth-order valence-electron chi connectivity index (χ4n) is 7.42. The minimum atomic E-state index is 0.718. The summed E-state index contributed by atoms with van der Waals surface area (Å²) < 4.78 is 0. The molecule has 3 aliphatic rings. The smallest absolute Gasteiger partial charge is 0.0162 e. The highest BCUT2D eigenvalue weighted by atomic mass is 14.6. The van der Waals surface area contributed by atoms with Gasteiger partial charge in [-0.15, -0.1) is 0 Å². The average molecular weight is 401 g/mol. The second kappa shape index (κ2) is 8.18. The molecule has 30 heavy (non-hydrogen) atoms. The third-order valence-corrected chi connectivity index (χ3v) is 9.31. The first-order valence-corrected chi connectivity index (χ1v) is 12.8. The van der Waals surface area contributed by atoms with Crippen LogP contribution in [0.2, 0.25) is 0 Å². The minimum absolute atomic E-state index is 0.718. The molecule has 0 aromatic heterocycles. The van der Waals surface area contributed by atoms with E-state index >= 15 is 0 Å². The summed E-state index contributed by atoms with van der Waals surface area (Å²) in [4.78, 5) is 0. The van der Waals surface area contributed by atoms with E-state index in [0.717, 1.165) is 35.5 Å². The molecule has 3 saturated carbocycles. The highest BCUT2D eigenvalue weighted by Gasteiger charge is 2.55. The Hall–Kier alpha value is -1.56. The molecule has 0 N–H and O–H groups in total. The van der Waals surface area contributed by atoms with Crippen molar-refractivity contribution >= 4 is 0 Å². The molecule has 5 rings (SSSR count). The summed E-state index contributed by atoms with van der Waals surface area (Å²) in [5.74, 6) is 1.64. The molecule has 2 aromatic rings. The van der Waals surface area contributed by atoms with E-state index in [1.54, 1.807) is 24.0 Å². The Morgan fingerprint density at radius 2 is 0.900 bits per heavy atom. The summed E-state index contributed by atoms with van der Waals surface area (Å²) in [6, 6.07) is 19.1. The van der Waals surface area contributed by atoms with Gasteiger partial charge in [0.1, 0.15) is 0 Å². The summed E-state index contributed by atoms with van der Waals surface area (Å²) in [5.41, 5.74) is 7.59. The largest absolute Gasteiger partial charge is 0.0613 e. The SMILES string of the molecule is CCc1ccc(C2CCC3(CC2)CC2(CCC(c4ccc(CC)cc4)CC2)C3)cc1. The molecule has 0 aliphatic heterocycles. The first kappa shape index (κ1) is 20.3. The van der Waals surface area contributed by atoms with Gasteiger partial charge in [-0.05, 0) is 122 Å². The lowest BCUT2D eigenvalue weighted by atomic mass is 9.44. The van der Waals surface area contributed by atoms with Gasteiger partial charge in [-0.25, -0.2) is 0 Å². The van der Waals surface area contributed by atoms with Crippen molar-refractivity contribution < 1.29 is 0 Å². The van der Waals surface area contributed by atoms with Gasteiger partial charge >= 0.3 is 0 Å². The number of rotatable bonds is 4. The third-order valence-electron chi connectivity index (χ3n) is 9.31. The number of aryl methyl sites for hydroxylation is 2. The van der Waals surface area contributed by atoms with Crippen molar-refractivity contribution in [2.24, 2.45) is 10.8 Å². The van der Waals surface area contributed by atoms with Gasteiger partial charge in [-0.3, -0.25) is 0 Å². The number of hydrogen-bond donors (Lipinski definition) is 0. The van der Waals surface area contributed by atoms with Crippen molar-refractivity contribution in [2.75, 3.05) is 0 Å². The van der Waals surface area contributed by atoms with E-state index in [4.69, 9.17) is 0 Å². The summed E-state index contributed by atoms with van der Waals surface area (Å²) in [6.45, 7) is 4.50. The molecule has 3 aliphatic carbocycles. The van der Waals surface area contributed by atoms with Gasteiger partial charge in [0.2, 0.25) is 0 Å². The van der Waals surface area contributed by atoms with E-state index in [1.807, 2.05) is 0 Å². The van der Waals surface area contributed by atoms with E-state index in [2.05, 4.69) is 62.4 Å². The molecule has 160 valence electrons. The van der Waals surface area contributed by atoms with Crippen molar-refractivity contribution in [1.82, 2.24) is 0 Å². The Bertz CT molecular complexity index is 743. The van der Waals surface area contributed by atoms with Crippen molar-refractivity contribution in [1.29, 1.82) is 0 Å². The molecule has 0 heterocycles. The lowest BCUT2D eigenvalue weighted by Gasteiger charge is -2.61. The fourth-order valence-corrected chi connectivity index (χ4v) is 7.42. The number of hydrogen-bond acceptors (Lipinski definition) is 0. The van der Waals surface area contributed by atoms with Crippen LogP contribution in [0, 0.1) is 10.8 Å². The lowest BCUT2D eigenvalue weighted by Crippen LogP contribution is -2.49. The van der Waals surface area contributed by atoms with Gasteiger partial charge in [-0.1, -0.05) is 62.4 Å². The molecule has 0 bridgehead atoms. The molecule has 0 nitrogen and oxygen atoms in total. The molecule has 0 unspecified atom stereocenters. The zero-order valence-corrected chi connectivity index (χ0v) is 19.3. The monoisotopic (exact) mass is 400 g/mol. The Balaban J connectivity index is 1.13. The van der Waals surface area contributed by atoms with E-state index in [9.17, 15) is 0 Å². The Morgan fingerprint density at radius 1 is 0.567 bits per heavy atom. The minimum Gasteiger partial charge on any atom is -0.0613 e. The van der Waals surface area contributed by atoms with Crippen molar-refractivity contribution in [3.05, 3.63) is 70.8 Å². The maximum Gasteiger partial charge on any atom is -0.0162 e.